The van der Waals surface area contributed by atoms with Gasteiger partial charge >= 0.3 is 0 Å². The van der Waals surface area contributed by atoms with Crippen LogP contribution in [0.3, 0.4) is 0 Å². The summed E-state index contributed by atoms with van der Waals surface area (Å²) in [5, 5.41) is 3.41. The predicted octanol–water partition coefficient (Wildman–Crippen LogP) is 3.23. The third-order valence-corrected chi connectivity index (χ3v) is 4.46. The average Bonchev–Trinajstić information content (AvgIpc) is 2.67. The number of ketones is 1. The molecule has 1 atom stereocenters. The van der Waals surface area contributed by atoms with Crippen molar-refractivity contribution in [3.8, 4) is 0 Å². The van der Waals surface area contributed by atoms with E-state index in [-0.39, 0.29) is 5.41 Å². The van der Waals surface area contributed by atoms with E-state index in [4.69, 9.17) is 0 Å². The van der Waals surface area contributed by atoms with Crippen LogP contribution in [0.25, 0.3) is 0 Å². The molecule has 0 aromatic rings. The van der Waals surface area contributed by atoms with Crippen LogP contribution in [0.2, 0.25) is 0 Å². The van der Waals surface area contributed by atoms with Gasteiger partial charge in [-0.2, -0.15) is 0 Å². The largest absolute Gasteiger partial charge is 0.316 e. The Hall–Kier alpha value is -0.630. The van der Waals surface area contributed by atoms with Crippen molar-refractivity contribution < 1.29 is 4.79 Å². The Morgan fingerprint density at radius 1 is 1.35 bits per heavy atom. The molecule has 0 radical (unpaired) electrons. The summed E-state index contributed by atoms with van der Waals surface area (Å²) in [6.07, 6.45) is 11.3. The lowest BCUT2D eigenvalue weighted by Crippen LogP contribution is -2.45. The first-order chi connectivity index (χ1) is 8.28. The number of Topliss-reactive ketones (excluding diaryl/α,β-unsaturated/α-hetero) is 1. The number of hydrogen-bond donors (Lipinski definition) is 1. The summed E-state index contributed by atoms with van der Waals surface area (Å²) in [4.78, 5) is 12.8. The summed E-state index contributed by atoms with van der Waals surface area (Å²) in [5.41, 5.74) is 1.04. The van der Waals surface area contributed by atoms with Crippen molar-refractivity contribution in [1.82, 2.24) is 5.32 Å². The van der Waals surface area contributed by atoms with E-state index in [1.54, 1.807) is 0 Å². The zero-order valence-corrected chi connectivity index (χ0v) is 11.1. The molecular weight excluding hydrogens is 210 g/mol. The van der Waals surface area contributed by atoms with Crippen LogP contribution in [-0.4, -0.2) is 18.9 Å². The van der Waals surface area contributed by atoms with Gasteiger partial charge in [0.2, 0.25) is 0 Å². The number of allylic oxidation sites excluding steroid dienone is 2. The standard InChI is InChI=1S/C15H25NO/c1-2-15(10-7-11-16-12-15)14(17)13-8-5-3-4-6-9-13/h8,16H,2-7,9-12H2,1H3. The molecule has 2 rings (SSSR count). The molecule has 1 aliphatic carbocycles. The zero-order valence-electron chi connectivity index (χ0n) is 11.1. The number of carbonyl (C=O) groups is 1. The van der Waals surface area contributed by atoms with Crippen molar-refractivity contribution in [2.45, 2.75) is 58.3 Å². The third kappa shape index (κ3) is 2.79. The second kappa shape index (κ2) is 5.81. The maximum absolute atomic E-state index is 12.8. The molecule has 0 aromatic heterocycles. The summed E-state index contributed by atoms with van der Waals surface area (Å²) in [6, 6.07) is 0. The van der Waals surface area contributed by atoms with Gasteiger partial charge < -0.3 is 5.32 Å². The highest BCUT2D eigenvalue weighted by molar-refractivity contribution is 6.00. The average molecular weight is 235 g/mol. The number of carbonyl (C=O) groups excluding carboxylic acids is 1. The maximum Gasteiger partial charge on any atom is 0.165 e. The molecule has 1 heterocycles. The van der Waals surface area contributed by atoms with Gasteiger partial charge in [-0.25, -0.2) is 0 Å². The molecule has 96 valence electrons. The van der Waals surface area contributed by atoms with Gasteiger partial charge in [-0.15, -0.1) is 0 Å². The molecule has 2 aliphatic rings. The molecule has 1 aliphatic heterocycles. The highest BCUT2D eigenvalue weighted by Gasteiger charge is 2.38. The van der Waals surface area contributed by atoms with E-state index >= 15 is 0 Å². The van der Waals surface area contributed by atoms with E-state index in [1.165, 1.54) is 19.3 Å². The SMILES string of the molecule is CCC1(C(=O)C2=CCCCCC2)CCCNC1. The fraction of sp³-hybridized carbons (Fsp3) is 0.800. The number of rotatable bonds is 3. The second-order valence-corrected chi connectivity index (χ2v) is 5.57. The highest BCUT2D eigenvalue weighted by atomic mass is 16.1. The predicted molar refractivity (Wildman–Crippen MR) is 71.0 cm³/mol. The van der Waals surface area contributed by atoms with Crippen molar-refractivity contribution in [2.75, 3.05) is 13.1 Å². The summed E-state index contributed by atoms with van der Waals surface area (Å²) < 4.78 is 0. The molecule has 0 spiro atoms. The van der Waals surface area contributed by atoms with Crippen LogP contribution < -0.4 is 5.32 Å². The number of nitrogens with one attached hydrogen (secondary N) is 1. The van der Waals surface area contributed by atoms with Crippen LogP contribution in [-0.2, 0) is 4.79 Å². The monoisotopic (exact) mass is 235 g/mol. The number of piperidine rings is 1. The highest BCUT2D eigenvalue weighted by Crippen LogP contribution is 2.35. The van der Waals surface area contributed by atoms with E-state index in [0.29, 0.717) is 5.78 Å². The summed E-state index contributed by atoms with van der Waals surface area (Å²) >= 11 is 0. The molecule has 0 aromatic carbocycles. The van der Waals surface area contributed by atoms with Crippen LogP contribution in [0, 0.1) is 5.41 Å². The molecule has 0 amide bonds. The molecular formula is C15H25NO. The third-order valence-electron chi connectivity index (χ3n) is 4.46. The minimum Gasteiger partial charge on any atom is -0.316 e. The normalized spacial score (nSPS) is 30.5. The van der Waals surface area contributed by atoms with Gasteiger partial charge in [-0.1, -0.05) is 19.4 Å². The van der Waals surface area contributed by atoms with Gasteiger partial charge in [-0.3, -0.25) is 4.79 Å². The van der Waals surface area contributed by atoms with Crippen molar-refractivity contribution >= 4 is 5.78 Å². The Morgan fingerprint density at radius 2 is 2.24 bits per heavy atom. The Labute approximate surface area is 105 Å². The van der Waals surface area contributed by atoms with Crippen LogP contribution in [0.4, 0.5) is 0 Å². The van der Waals surface area contributed by atoms with Crippen molar-refractivity contribution in [3.63, 3.8) is 0 Å². The lowest BCUT2D eigenvalue weighted by Gasteiger charge is -2.36. The molecule has 1 unspecified atom stereocenters. The summed E-state index contributed by atoms with van der Waals surface area (Å²) in [6.45, 7) is 4.13. The van der Waals surface area contributed by atoms with Gasteiger partial charge in [0.1, 0.15) is 0 Å². The second-order valence-electron chi connectivity index (χ2n) is 5.57. The van der Waals surface area contributed by atoms with Gasteiger partial charge in [0.05, 0.1) is 0 Å². The topological polar surface area (TPSA) is 29.1 Å². The van der Waals surface area contributed by atoms with Crippen LogP contribution in [0.15, 0.2) is 11.6 Å². The van der Waals surface area contributed by atoms with E-state index in [1.807, 2.05) is 0 Å². The lowest BCUT2D eigenvalue weighted by atomic mass is 9.72. The van der Waals surface area contributed by atoms with Crippen molar-refractivity contribution in [2.24, 2.45) is 5.41 Å². The zero-order chi connectivity index (χ0) is 12.1. The van der Waals surface area contributed by atoms with E-state index in [2.05, 4.69) is 18.3 Å². The van der Waals surface area contributed by atoms with E-state index < -0.39 is 0 Å². The van der Waals surface area contributed by atoms with Crippen LogP contribution >= 0.6 is 0 Å². The fourth-order valence-corrected chi connectivity index (χ4v) is 3.19. The Kier molecular flexibility index (Phi) is 4.38. The first-order valence-corrected chi connectivity index (χ1v) is 7.23. The molecule has 1 saturated heterocycles. The Balaban J connectivity index is 2.12. The van der Waals surface area contributed by atoms with Gasteiger partial charge in [0.25, 0.3) is 0 Å². The summed E-state index contributed by atoms with van der Waals surface area (Å²) in [5.74, 6) is 0.453. The molecule has 0 bridgehead atoms. The van der Waals surface area contributed by atoms with Gasteiger partial charge in [-0.05, 0) is 57.1 Å². The number of hydrogen-bond acceptors (Lipinski definition) is 2. The molecule has 2 nitrogen and oxygen atoms in total. The molecule has 2 heteroatoms. The van der Waals surface area contributed by atoms with E-state index in [9.17, 15) is 4.79 Å². The summed E-state index contributed by atoms with van der Waals surface area (Å²) in [7, 11) is 0. The molecule has 1 N–H and O–H groups in total. The van der Waals surface area contributed by atoms with Gasteiger partial charge in [0, 0.05) is 12.0 Å². The van der Waals surface area contributed by atoms with Crippen LogP contribution in [0.5, 0.6) is 0 Å². The smallest absolute Gasteiger partial charge is 0.165 e. The van der Waals surface area contributed by atoms with Crippen molar-refractivity contribution in [1.29, 1.82) is 0 Å². The lowest BCUT2D eigenvalue weighted by molar-refractivity contribution is -0.126. The first-order valence-electron chi connectivity index (χ1n) is 7.23. The minimum absolute atomic E-state index is 0.0889. The Morgan fingerprint density at radius 3 is 2.94 bits per heavy atom. The van der Waals surface area contributed by atoms with Gasteiger partial charge in [0.15, 0.2) is 5.78 Å². The molecule has 0 saturated carbocycles. The minimum atomic E-state index is -0.0889. The maximum atomic E-state index is 12.8. The van der Waals surface area contributed by atoms with Crippen LogP contribution in [0.1, 0.15) is 58.3 Å². The molecule has 17 heavy (non-hydrogen) atoms. The van der Waals surface area contributed by atoms with Crippen molar-refractivity contribution in [3.05, 3.63) is 11.6 Å². The van der Waals surface area contributed by atoms with E-state index in [0.717, 1.165) is 50.8 Å². The first kappa shape index (κ1) is 12.8. The quantitative estimate of drug-likeness (QED) is 0.813. The Bertz CT molecular complexity index is 300. The molecule has 1 fully saturated rings. The fourth-order valence-electron chi connectivity index (χ4n) is 3.19.